The highest BCUT2D eigenvalue weighted by Crippen LogP contribution is 2.30. The summed E-state index contributed by atoms with van der Waals surface area (Å²) in [4.78, 5) is 10.4. The van der Waals surface area contributed by atoms with Gasteiger partial charge >= 0.3 is 5.97 Å². The van der Waals surface area contributed by atoms with Crippen LogP contribution in [0.4, 0.5) is 8.78 Å². The smallest absolute Gasteiger partial charge is 0.333 e. The summed E-state index contributed by atoms with van der Waals surface area (Å²) in [5.74, 6) is -1.37. The van der Waals surface area contributed by atoms with E-state index in [0.717, 1.165) is 21.0 Å². The van der Waals surface area contributed by atoms with Gasteiger partial charge in [0, 0.05) is 7.11 Å². The van der Waals surface area contributed by atoms with Gasteiger partial charge in [-0.25, -0.2) is 13.6 Å². The van der Waals surface area contributed by atoms with Gasteiger partial charge in [0.15, 0.2) is 6.10 Å². The third kappa shape index (κ3) is 2.14. The third-order valence-electron chi connectivity index (χ3n) is 1.70. The van der Waals surface area contributed by atoms with Crippen LogP contribution in [0.25, 0.3) is 0 Å². The van der Waals surface area contributed by atoms with Crippen molar-refractivity contribution >= 4 is 5.97 Å². The summed E-state index contributed by atoms with van der Waals surface area (Å²) >= 11 is 0. The number of carboxylic acid groups (broad SMARTS) is 1. The van der Waals surface area contributed by atoms with E-state index >= 15 is 0 Å². The molecule has 1 unspecified atom stereocenters. The van der Waals surface area contributed by atoms with E-state index in [1.807, 2.05) is 0 Å². The molecule has 0 radical (unpaired) electrons. The van der Waals surface area contributed by atoms with Crippen LogP contribution in [0, 0.1) is 5.41 Å². The van der Waals surface area contributed by atoms with Gasteiger partial charge in [-0.05, 0) is 0 Å². The maximum atomic E-state index is 12.3. The van der Waals surface area contributed by atoms with Crippen molar-refractivity contribution in [3.8, 4) is 0 Å². The summed E-state index contributed by atoms with van der Waals surface area (Å²) in [7, 11) is 1.10. The van der Waals surface area contributed by atoms with Gasteiger partial charge in [-0.3, -0.25) is 0 Å². The molecule has 3 nitrogen and oxygen atoms in total. The summed E-state index contributed by atoms with van der Waals surface area (Å²) < 4.78 is 29.0. The number of carboxylic acids is 1. The zero-order valence-electron chi connectivity index (χ0n) is 7.17. The molecule has 12 heavy (non-hydrogen) atoms. The largest absolute Gasteiger partial charge is 0.479 e. The van der Waals surface area contributed by atoms with Gasteiger partial charge in [0.25, 0.3) is 0 Å². The van der Waals surface area contributed by atoms with E-state index in [0.29, 0.717) is 0 Å². The third-order valence-corrected chi connectivity index (χ3v) is 1.70. The summed E-state index contributed by atoms with van der Waals surface area (Å²) in [6, 6.07) is 0. The first kappa shape index (κ1) is 11.3. The van der Waals surface area contributed by atoms with Crippen LogP contribution in [0.1, 0.15) is 13.8 Å². The fourth-order valence-electron chi connectivity index (χ4n) is 0.837. The van der Waals surface area contributed by atoms with E-state index in [1.165, 1.54) is 0 Å². The number of hydrogen-bond acceptors (Lipinski definition) is 2. The first-order chi connectivity index (χ1) is 5.34. The molecule has 0 spiro atoms. The molecular formula is C7H12F2O3. The number of carbonyl (C=O) groups is 1. The van der Waals surface area contributed by atoms with Crippen LogP contribution >= 0.6 is 0 Å². The number of methoxy groups -OCH3 is 1. The molecule has 0 amide bonds. The molecule has 0 aliphatic carbocycles. The van der Waals surface area contributed by atoms with Crippen LogP contribution in [0.5, 0.6) is 0 Å². The standard InChI is InChI=1S/C7H12F2O3/c1-7(2,6(8)9)4(12-3)5(10)11/h4,6H,1-3H3,(H,10,11). The SMILES string of the molecule is COC(C(=O)O)C(C)(C)C(F)F. The van der Waals surface area contributed by atoms with E-state index < -0.39 is 23.9 Å². The van der Waals surface area contributed by atoms with Gasteiger partial charge < -0.3 is 9.84 Å². The highest BCUT2D eigenvalue weighted by atomic mass is 19.3. The van der Waals surface area contributed by atoms with Gasteiger partial charge in [0.05, 0.1) is 5.41 Å². The fraction of sp³-hybridized carbons (Fsp3) is 0.857. The van der Waals surface area contributed by atoms with E-state index in [4.69, 9.17) is 5.11 Å². The molecule has 0 aliphatic rings. The second-order valence-electron chi connectivity index (χ2n) is 3.08. The van der Waals surface area contributed by atoms with Crippen LogP contribution in [-0.4, -0.2) is 30.7 Å². The number of rotatable bonds is 4. The lowest BCUT2D eigenvalue weighted by atomic mass is 9.87. The number of halogens is 2. The Bertz CT molecular complexity index is 168. The molecule has 0 fully saturated rings. The molecule has 0 saturated heterocycles. The quantitative estimate of drug-likeness (QED) is 0.714. The molecule has 0 aromatic carbocycles. The zero-order chi connectivity index (χ0) is 9.94. The van der Waals surface area contributed by atoms with Crippen LogP contribution in [0.15, 0.2) is 0 Å². The Balaban J connectivity index is 4.59. The lowest BCUT2D eigenvalue weighted by Gasteiger charge is -2.28. The van der Waals surface area contributed by atoms with Gasteiger partial charge in [-0.1, -0.05) is 13.8 Å². The molecule has 1 N–H and O–H groups in total. The second-order valence-corrected chi connectivity index (χ2v) is 3.08. The highest BCUT2D eigenvalue weighted by molar-refractivity contribution is 5.73. The Morgan fingerprint density at radius 3 is 2.00 bits per heavy atom. The fourth-order valence-corrected chi connectivity index (χ4v) is 0.837. The highest BCUT2D eigenvalue weighted by Gasteiger charge is 2.43. The molecule has 0 aromatic rings. The van der Waals surface area contributed by atoms with Crippen molar-refractivity contribution in [1.82, 2.24) is 0 Å². The molecule has 0 heterocycles. The monoisotopic (exact) mass is 182 g/mol. The second kappa shape index (κ2) is 3.80. The predicted molar refractivity (Wildman–Crippen MR) is 38.2 cm³/mol. The number of hydrogen-bond donors (Lipinski definition) is 1. The average Bonchev–Trinajstić information content (AvgIpc) is 1.86. The van der Waals surface area contributed by atoms with Crippen molar-refractivity contribution in [2.75, 3.05) is 7.11 Å². The van der Waals surface area contributed by atoms with E-state index in [-0.39, 0.29) is 0 Å². The zero-order valence-corrected chi connectivity index (χ0v) is 7.17. The normalized spacial score (nSPS) is 14.8. The minimum absolute atomic E-state index is 1.10. The van der Waals surface area contributed by atoms with Crippen LogP contribution < -0.4 is 0 Å². The molecular weight excluding hydrogens is 170 g/mol. The maximum absolute atomic E-state index is 12.3. The van der Waals surface area contributed by atoms with Gasteiger partial charge in [-0.2, -0.15) is 0 Å². The van der Waals surface area contributed by atoms with Crippen molar-refractivity contribution in [3.63, 3.8) is 0 Å². The Morgan fingerprint density at radius 1 is 1.50 bits per heavy atom. The van der Waals surface area contributed by atoms with Crippen molar-refractivity contribution in [2.24, 2.45) is 5.41 Å². The molecule has 0 rings (SSSR count). The van der Waals surface area contributed by atoms with Crippen molar-refractivity contribution in [3.05, 3.63) is 0 Å². The van der Waals surface area contributed by atoms with Crippen molar-refractivity contribution in [2.45, 2.75) is 26.4 Å². The lowest BCUT2D eigenvalue weighted by Crippen LogP contribution is -2.42. The molecule has 72 valence electrons. The van der Waals surface area contributed by atoms with E-state index in [1.54, 1.807) is 0 Å². The Labute approximate surface area is 69.3 Å². The average molecular weight is 182 g/mol. The predicted octanol–water partition coefficient (Wildman–Crippen LogP) is 1.38. The van der Waals surface area contributed by atoms with E-state index in [9.17, 15) is 13.6 Å². The minimum Gasteiger partial charge on any atom is -0.479 e. The number of aliphatic carboxylic acids is 1. The van der Waals surface area contributed by atoms with E-state index in [2.05, 4.69) is 4.74 Å². The molecule has 0 aliphatic heterocycles. The van der Waals surface area contributed by atoms with Crippen molar-refractivity contribution in [1.29, 1.82) is 0 Å². The molecule has 0 saturated carbocycles. The lowest BCUT2D eigenvalue weighted by molar-refractivity contribution is -0.165. The summed E-state index contributed by atoms with van der Waals surface area (Å²) in [5.41, 5.74) is -1.67. The minimum atomic E-state index is -2.72. The summed E-state index contributed by atoms with van der Waals surface area (Å²) in [6.45, 7) is 2.31. The van der Waals surface area contributed by atoms with Gasteiger partial charge in [0.1, 0.15) is 0 Å². The number of alkyl halides is 2. The first-order valence-corrected chi connectivity index (χ1v) is 3.37. The van der Waals surface area contributed by atoms with Crippen LogP contribution in [-0.2, 0) is 9.53 Å². The van der Waals surface area contributed by atoms with Gasteiger partial charge in [0.2, 0.25) is 6.43 Å². The molecule has 1 atom stereocenters. The summed E-state index contributed by atoms with van der Waals surface area (Å²) in [5, 5.41) is 8.50. The number of ether oxygens (including phenoxy) is 1. The Hall–Kier alpha value is -0.710. The topological polar surface area (TPSA) is 46.5 Å². The van der Waals surface area contributed by atoms with Gasteiger partial charge in [-0.15, -0.1) is 0 Å². The molecule has 5 heteroatoms. The molecule has 0 bridgehead atoms. The van der Waals surface area contributed by atoms with Crippen LogP contribution in [0.3, 0.4) is 0 Å². The Morgan fingerprint density at radius 2 is 1.92 bits per heavy atom. The summed E-state index contributed by atoms with van der Waals surface area (Å²) in [6.07, 6.45) is -4.20. The Kier molecular flexibility index (Phi) is 3.57. The van der Waals surface area contributed by atoms with Crippen LogP contribution in [0.2, 0.25) is 0 Å². The maximum Gasteiger partial charge on any atom is 0.333 e. The van der Waals surface area contributed by atoms with Crippen molar-refractivity contribution < 1.29 is 23.4 Å². The molecule has 0 aromatic heterocycles. The first-order valence-electron chi connectivity index (χ1n) is 3.37.